The lowest BCUT2D eigenvalue weighted by Crippen LogP contribution is -2.05. The standard InChI is InChI=1S/C17H25FO/c1-4-5-6-7-8-9-10-16(19)17-13(2)11-15(18)12-14(17)3/h11-12H,4-10H2,1-3H3. The Morgan fingerprint density at radius 2 is 1.53 bits per heavy atom. The first kappa shape index (κ1) is 15.9. The molecule has 0 bridgehead atoms. The second kappa shape index (κ2) is 8.08. The van der Waals surface area contributed by atoms with Crippen molar-refractivity contribution in [2.24, 2.45) is 0 Å². The van der Waals surface area contributed by atoms with Gasteiger partial charge in [0.05, 0.1) is 0 Å². The summed E-state index contributed by atoms with van der Waals surface area (Å²) in [4.78, 5) is 12.2. The van der Waals surface area contributed by atoms with Crippen molar-refractivity contribution in [2.45, 2.75) is 65.7 Å². The van der Waals surface area contributed by atoms with Crippen LogP contribution < -0.4 is 0 Å². The number of hydrogen-bond acceptors (Lipinski definition) is 1. The van der Waals surface area contributed by atoms with E-state index in [0.717, 1.165) is 29.5 Å². The maximum atomic E-state index is 13.2. The highest BCUT2D eigenvalue weighted by Gasteiger charge is 2.13. The van der Waals surface area contributed by atoms with Crippen LogP contribution >= 0.6 is 0 Å². The summed E-state index contributed by atoms with van der Waals surface area (Å²) in [5, 5.41) is 0. The fourth-order valence-electron chi connectivity index (χ4n) is 2.54. The molecule has 0 aliphatic heterocycles. The third kappa shape index (κ3) is 5.14. The van der Waals surface area contributed by atoms with Crippen LogP contribution in [0.4, 0.5) is 4.39 Å². The molecule has 0 heterocycles. The van der Waals surface area contributed by atoms with E-state index >= 15 is 0 Å². The summed E-state index contributed by atoms with van der Waals surface area (Å²) in [6.07, 6.45) is 7.64. The van der Waals surface area contributed by atoms with Crippen molar-refractivity contribution in [3.05, 3.63) is 34.6 Å². The van der Waals surface area contributed by atoms with E-state index in [1.807, 2.05) is 13.8 Å². The van der Waals surface area contributed by atoms with Gasteiger partial charge >= 0.3 is 0 Å². The minimum absolute atomic E-state index is 0.158. The molecule has 0 amide bonds. The van der Waals surface area contributed by atoms with Gasteiger partial charge in [-0.05, 0) is 43.5 Å². The van der Waals surface area contributed by atoms with Crippen molar-refractivity contribution in [1.82, 2.24) is 0 Å². The topological polar surface area (TPSA) is 17.1 Å². The molecular weight excluding hydrogens is 239 g/mol. The number of benzene rings is 1. The Kier molecular flexibility index (Phi) is 6.75. The Bertz CT molecular complexity index is 400. The largest absolute Gasteiger partial charge is 0.294 e. The number of ketones is 1. The number of aryl methyl sites for hydroxylation is 2. The highest BCUT2D eigenvalue weighted by molar-refractivity contribution is 5.98. The predicted octanol–water partition coefficient (Wildman–Crippen LogP) is 5.38. The van der Waals surface area contributed by atoms with Crippen LogP contribution in [-0.4, -0.2) is 5.78 Å². The molecule has 0 spiro atoms. The van der Waals surface area contributed by atoms with Gasteiger partial charge in [0.15, 0.2) is 5.78 Å². The molecule has 0 atom stereocenters. The number of unbranched alkanes of at least 4 members (excludes halogenated alkanes) is 5. The fourth-order valence-corrected chi connectivity index (χ4v) is 2.54. The Morgan fingerprint density at radius 1 is 1.00 bits per heavy atom. The van der Waals surface area contributed by atoms with Crippen LogP contribution in [0.1, 0.15) is 73.4 Å². The molecule has 0 unspecified atom stereocenters. The van der Waals surface area contributed by atoms with E-state index in [0.29, 0.717) is 6.42 Å². The fraction of sp³-hybridized carbons (Fsp3) is 0.588. The molecule has 0 saturated carbocycles. The third-order valence-electron chi connectivity index (χ3n) is 3.53. The van der Waals surface area contributed by atoms with Crippen LogP contribution in [0.15, 0.2) is 12.1 Å². The third-order valence-corrected chi connectivity index (χ3v) is 3.53. The highest BCUT2D eigenvalue weighted by atomic mass is 19.1. The lowest BCUT2D eigenvalue weighted by molar-refractivity contribution is 0.0978. The van der Waals surface area contributed by atoms with Crippen LogP contribution in [-0.2, 0) is 0 Å². The number of hydrogen-bond donors (Lipinski definition) is 0. The first-order valence-electron chi connectivity index (χ1n) is 7.36. The van der Waals surface area contributed by atoms with Crippen LogP contribution in [0.3, 0.4) is 0 Å². The van der Waals surface area contributed by atoms with E-state index in [4.69, 9.17) is 0 Å². The van der Waals surface area contributed by atoms with E-state index in [-0.39, 0.29) is 11.6 Å². The van der Waals surface area contributed by atoms with Crippen molar-refractivity contribution in [1.29, 1.82) is 0 Å². The lowest BCUT2D eigenvalue weighted by atomic mass is 9.95. The van der Waals surface area contributed by atoms with Gasteiger partial charge in [0, 0.05) is 12.0 Å². The van der Waals surface area contributed by atoms with E-state index in [2.05, 4.69) is 6.92 Å². The second-order valence-electron chi connectivity index (χ2n) is 5.36. The summed E-state index contributed by atoms with van der Waals surface area (Å²) < 4.78 is 13.2. The molecule has 0 aliphatic carbocycles. The summed E-state index contributed by atoms with van der Waals surface area (Å²) in [5.41, 5.74) is 2.23. The average molecular weight is 264 g/mol. The summed E-state index contributed by atoms with van der Waals surface area (Å²) >= 11 is 0. The molecule has 2 heteroatoms. The molecule has 1 aromatic carbocycles. The van der Waals surface area contributed by atoms with Gasteiger partial charge in [-0.3, -0.25) is 4.79 Å². The Morgan fingerprint density at radius 3 is 2.11 bits per heavy atom. The number of carbonyl (C=O) groups is 1. The van der Waals surface area contributed by atoms with Gasteiger partial charge < -0.3 is 0 Å². The molecule has 1 aromatic rings. The number of rotatable bonds is 8. The van der Waals surface area contributed by atoms with E-state index in [9.17, 15) is 9.18 Å². The minimum Gasteiger partial charge on any atom is -0.294 e. The van der Waals surface area contributed by atoms with Crippen molar-refractivity contribution in [3.63, 3.8) is 0 Å². The van der Waals surface area contributed by atoms with Crippen molar-refractivity contribution in [3.8, 4) is 0 Å². The summed E-state index contributed by atoms with van der Waals surface area (Å²) in [6.45, 7) is 5.82. The average Bonchev–Trinajstić information content (AvgIpc) is 2.32. The summed E-state index contributed by atoms with van der Waals surface area (Å²) in [7, 11) is 0. The van der Waals surface area contributed by atoms with Crippen LogP contribution in [0.25, 0.3) is 0 Å². The smallest absolute Gasteiger partial charge is 0.163 e. The Hall–Kier alpha value is -1.18. The van der Waals surface area contributed by atoms with Gasteiger partial charge in [-0.15, -0.1) is 0 Å². The summed E-state index contributed by atoms with van der Waals surface area (Å²) in [6, 6.07) is 2.89. The number of carbonyl (C=O) groups excluding carboxylic acids is 1. The van der Waals surface area contributed by atoms with Crippen LogP contribution in [0, 0.1) is 19.7 Å². The van der Waals surface area contributed by atoms with Crippen molar-refractivity contribution >= 4 is 5.78 Å². The first-order valence-corrected chi connectivity index (χ1v) is 7.36. The van der Waals surface area contributed by atoms with Gasteiger partial charge in [-0.2, -0.15) is 0 Å². The first-order chi connectivity index (χ1) is 9.06. The highest BCUT2D eigenvalue weighted by Crippen LogP contribution is 2.19. The Balaban J connectivity index is 2.46. The SMILES string of the molecule is CCCCCCCCC(=O)c1c(C)cc(F)cc1C. The maximum absolute atomic E-state index is 13.2. The van der Waals surface area contributed by atoms with Crippen LogP contribution in [0.2, 0.25) is 0 Å². The minimum atomic E-state index is -0.258. The molecule has 0 saturated heterocycles. The molecule has 0 aliphatic rings. The predicted molar refractivity (Wildman–Crippen MR) is 78.2 cm³/mol. The van der Waals surface area contributed by atoms with Gasteiger partial charge in [0.25, 0.3) is 0 Å². The summed E-state index contributed by atoms with van der Waals surface area (Å²) in [5.74, 6) is -0.100. The zero-order valence-corrected chi connectivity index (χ0v) is 12.4. The normalized spacial score (nSPS) is 10.7. The van der Waals surface area contributed by atoms with Gasteiger partial charge in [0.1, 0.15) is 5.82 Å². The quantitative estimate of drug-likeness (QED) is 0.455. The van der Waals surface area contributed by atoms with Gasteiger partial charge in [0.2, 0.25) is 0 Å². The molecule has 1 rings (SSSR count). The van der Waals surface area contributed by atoms with Crippen molar-refractivity contribution < 1.29 is 9.18 Å². The molecule has 0 N–H and O–H groups in total. The molecular formula is C17H25FO. The van der Waals surface area contributed by atoms with Crippen molar-refractivity contribution in [2.75, 3.05) is 0 Å². The molecule has 106 valence electrons. The molecule has 0 aromatic heterocycles. The van der Waals surface area contributed by atoms with E-state index in [1.54, 1.807) is 0 Å². The maximum Gasteiger partial charge on any atom is 0.163 e. The number of halogens is 1. The molecule has 0 fully saturated rings. The number of Topliss-reactive ketones (excluding diaryl/α,β-unsaturated/α-hetero) is 1. The monoisotopic (exact) mass is 264 g/mol. The zero-order chi connectivity index (χ0) is 14.3. The van der Waals surface area contributed by atoms with Gasteiger partial charge in [-0.1, -0.05) is 39.0 Å². The second-order valence-corrected chi connectivity index (χ2v) is 5.36. The molecule has 1 nitrogen and oxygen atoms in total. The van der Waals surface area contributed by atoms with Crippen LogP contribution in [0.5, 0.6) is 0 Å². The Labute approximate surface area is 116 Å². The molecule has 0 radical (unpaired) electrons. The van der Waals surface area contributed by atoms with Gasteiger partial charge in [-0.25, -0.2) is 4.39 Å². The lowest BCUT2D eigenvalue weighted by Gasteiger charge is -2.09. The van der Waals surface area contributed by atoms with E-state index < -0.39 is 0 Å². The molecule has 19 heavy (non-hydrogen) atoms. The van der Waals surface area contributed by atoms with E-state index in [1.165, 1.54) is 37.8 Å². The zero-order valence-electron chi connectivity index (χ0n) is 12.4.